The van der Waals surface area contributed by atoms with Crippen LogP contribution >= 0.6 is 0 Å². The average Bonchev–Trinajstić information content (AvgIpc) is 2.97. The third kappa shape index (κ3) is 2.99. The van der Waals surface area contributed by atoms with Crippen molar-refractivity contribution in [2.24, 2.45) is 0 Å². The number of halogens is 1. The van der Waals surface area contributed by atoms with Gasteiger partial charge in [-0.3, -0.25) is 9.80 Å². The average molecular weight is 395 g/mol. The SMILES string of the molecule is CC1=CC(C)(C#N)NC=C1N1CC2(CC(c3cccc(F)c3)(N(C)C)C2)NC1=O. The summed E-state index contributed by atoms with van der Waals surface area (Å²) in [6, 6.07) is 8.82. The van der Waals surface area contributed by atoms with E-state index >= 15 is 0 Å². The van der Waals surface area contributed by atoms with Gasteiger partial charge in [-0.15, -0.1) is 0 Å². The number of hydrogen-bond donors (Lipinski definition) is 2. The number of urea groups is 1. The van der Waals surface area contributed by atoms with Crippen LogP contribution in [0.25, 0.3) is 0 Å². The van der Waals surface area contributed by atoms with E-state index in [1.807, 2.05) is 33.2 Å². The highest BCUT2D eigenvalue weighted by Gasteiger charge is 2.61. The maximum Gasteiger partial charge on any atom is 0.322 e. The summed E-state index contributed by atoms with van der Waals surface area (Å²) < 4.78 is 13.9. The van der Waals surface area contributed by atoms with Crippen molar-refractivity contribution in [2.75, 3.05) is 20.6 Å². The molecule has 1 aliphatic carbocycles. The summed E-state index contributed by atoms with van der Waals surface area (Å²) in [6.07, 6.45) is 5.01. The normalized spacial score (nSPS) is 33.6. The molecule has 1 aromatic carbocycles. The lowest BCUT2D eigenvalue weighted by molar-refractivity contribution is -0.0218. The van der Waals surface area contributed by atoms with Crippen molar-refractivity contribution in [2.45, 2.75) is 43.3 Å². The lowest BCUT2D eigenvalue weighted by atomic mass is 9.59. The van der Waals surface area contributed by atoms with Crippen LogP contribution in [0.3, 0.4) is 0 Å². The Morgan fingerprint density at radius 3 is 2.62 bits per heavy atom. The molecule has 0 aromatic heterocycles. The number of nitrogens with one attached hydrogen (secondary N) is 2. The van der Waals surface area contributed by atoms with E-state index in [4.69, 9.17) is 0 Å². The second-order valence-electron chi connectivity index (χ2n) is 8.90. The molecule has 7 heteroatoms. The molecule has 1 aromatic rings. The highest BCUT2D eigenvalue weighted by atomic mass is 19.1. The number of allylic oxidation sites excluding steroid dienone is 1. The minimum atomic E-state index is -0.768. The van der Waals surface area contributed by atoms with Crippen LogP contribution in [0, 0.1) is 17.1 Å². The number of amides is 2. The number of carbonyl (C=O) groups is 1. The van der Waals surface area contributed by atoms with Crippen molar-refractivity contribution in [3.63, 3.8) is 0 Å². The minimum absolute atomic E-state index is 0.141. The van der Waals surface area contributed by atoms with Gasteiger partial charge < -0.3 is 10.6 Å². The molecule has 29 heavy (non-hydrogen) atoms. The summed E-state index contributed by atoms with van der Waals surface area (Å²) in [7, 11) is 3.99. The predicted octanol–water partition coefficient (Wildman–Crippen LogP) is 2.81. The fraction of sp³-hybridized carbons (Fsp3) is 0.455. The van der Waals surface area contributed by atoms with E-state index in [2.05, 4.69) is 21.6 Å². The van der Waals surface area contributed by atoms with E-state index in [0.717, 1.165) is 16.8 Å². The molecule has 0 radical (unpaired) electrons. The summed E-state index contributed by atoms with van der Waals surface area (Å²) in [4.78, 5) is 16.7. The molecule has 0 bridgehead atoms. The Labute approximate surface area is 170 Å². The van der Waals surface area contributed by atoms with Crippen LogP contribution in [-0.4, -0.2) is 47.5 Å². The molecule has 1 atom stereocenters. The molecule has 1 saturated heterocycles. The molecular formula is C22H26FN5O. The highest BCUT2D eigenvalue weighted by Crippen LogP contribution is 2.53. The first-order valence-electron chi connectivity index (χ1n) is 9.74. The number of nitrogens with zero attached hydrogens (tertiary/aromatic N) is 3. The quantitative estimate of drug-likeness (QED) is 0.826. The summed E-state index contributed by atoms with van der Waals surface area (Å²) in [5.74, 6) is -0.249. The monoisotopic (exact) mass is 395 g/mol. The molecule has 2 heterocycles. The van der Waals surface area contributed by atoms with Crippen molar-refractivity contribution in [1.82, 2.24) is 20.4 Å². The van der Waals surface area contributed by atoms with Crippen molar-refractivity contribution >= 4 is 6.03 Å². The van der Waals surface area contributed by atoms with Crippen LogP contribution < -0.4 is 10.6 Å². The predicted molar refractivity (Wildman–Crippen MR) is 108 cm³/mol. The largest absolute Gasteiger partial charge is 0.369 e. The summed E-state index contributed by atoms with van der Waals surface area (Å²) in [6.45, 7) is 4.25. The molecule has 1 spiro atoms. The Kier molecular flexibility index (Phi) is 4.25. The van der Waals surface area contributed by atoms with Gasteiger partial charge in [-0.2, -0.15) is 5.26 Å². The third-order valence-electron chi connectivity index (χ3n) is 6.50. The van der Waals surface area contributed by atoms with Crippen LogP contribution in [0.4, 0.5) is 9.18 Å². The van der Waals surface area contributed by atoms with Crippen LogP contribution in [0.5, 0.6) is 0 Å². The van der Waals surface area contributed by atoms with E-state index in [1.54, 1.807) is 30.2 Å². The lowest BCUT2D eigenvalue weighted by Crippen LogP contribution is -2.66. The zero-order valence-electron chi connectivity index (χ0n) is 17.2. The summed E-state index contributed by atoms with van der Waals surface area (Å²) >= 11 is 0. The Bertz CT molecular complexity index is 970. The number of hydrogen-bond acceptors (Lipinski definition) is 4. The smallest absolute Gasteiger partial charge is 0.322 e. The highest BCUT2D eigenvalue weighted by molar-refractivity contribution is 5.81. The Morgan fingerprint density at radius 2 is 2.03 bits per heavy atom. The van der Waals surface area contributed by atoms with Crippen molar-refractivity contribution in [3.8, 4) is 6.07 Å². The van der Waals surface area contributed by atoms with Gasteiger partial charge in [0.15, 0.2) is 0 Å². The van der Waals surface area contributed by atoms with Crippen molar-refractivity contribution in [3.05, 3.63) is 59.2 Å². The van der Waals surface area contributed by atoms with Gasteiger partial charge in [-0.05, 0) is 70.1 Å². The molecule has 2 aliphatic heterocycles. The van der Waals surface area contributed by atoms with E-state index in [9.17, 15) is 14.4 Å². The number of benzene rings is 1. The fourth-order valence-corrected chi connectivity index (χ4v) is 4.96. The van der Waals surface area contributed by atoms with Gasteiger partial charge in [-0.1, -0.05) is 12.1 Å². The summed E-state index contributed by atoms with van der Waals surface area (Å²) in [5, 5.41) is 15.6. The topological polar surface area (TPSA) is 71.4 Å². The first-order valence-corrected chi connectivity index (χ1v) is 9.74. The third-order valence-corrected chi connectivity index (χ3v) is 6.50. The molecule has 2 fully saturated rings. The van der Waals surface area contributed by atoms with Crippen molar-refractivity contribution < 1.29 is 9.18 Å². The maximum absolute atomic E-state index is 13.9. The molecule has 2 amide bonds. The van der Waals surface area contributed by atoms with Crippen LogP contribution in [0.15, 0.2) is 47.8 Å². The van der Waals surface area contributed by atoms with E-state index in [-0.39, 0.29) is 22.9 Å². The fourth-order valence-electron chi connectivity index (χ4n) is 4.96. The van der Waals surface area contributed by atoms with E-state index in [0.29, 0.717) is 19.4 Å². The number of nitriles is 1. The van der Waals surface area contributed by atoms with Gasteiger partial charge in [0.2, 0.25) is 0 Å². The zero-order chi connectivity index (χ0) is 21.0. The van der Waals surface area contributed by atoms with Gasteiger partial charge in [0, 0.05) is 6.20 Å². The van der Waals surface area contributed by atoms with Crippen LogP contribution in [0.2, 0.25) is 0 Å². The Morgan fingerprint density at radius 1 is 1.31 bits per heavy atom. The first kappa shape index (κ1) is 19.5. The van der Waals surface area contributed by atoms with Gasteiger partial charge in [0.1, 0.15) is 11.4 Å². The van der Waals surface area contributed by atoms with Gasteiger partial charge in [0.05, 0.1) is 29.4 Å². The summed E-state index contributed by atoms with van der Waals surface area (Å²) in [5.41, 5.74) is 1.17. The standard InChI is InChI=1S/C22H26FN5O/c1-15-9-20(2,13-24)25-10-18(15)28-14-21(26-19(28)29)11-22(12-21,27(3)4)16-6-5-7-17(23)8-16/h5-10,25H,11-12,14H2,1-4H3,(H,26,29). The second kappa shape index (κ2) is 6.33. The number of carbonyl (C=O) groups excluding carboxylic acids is 1. The molecule has 1 unspecified atom stereocenters. The molecule has 152 valence electrons. The zero-order valence-corrected chi connectivity index (χ0v) is 17.2. The number of dihydropyridines is 1. The Balaban J connectivity index is 1.57. The lowest BCUT2D eigenvalue weighted by Gasteiger charge is -2.57. The molecule has 6 nitrogen and oxygen atoms in total. The first-order chi connectivity index (χ1) is 13.6. The molecule has 2 N–H and O–H groups in total. The van der Waals surface area contributed by atoms with Crippen molar-refractivity contribution in [1.29, 1.82) is 5.26 Å². The van der Waals surface area contributed by atoms with Gasteiger partial charge in [0.25, 0.3) is 0 Å². The number of rotatable bonds is 3. The second-order valence-corrected chi connectivity index (χ2v) is 8.90. The maximum atomic E-state index is 13.9. The molecule has 4 rings (SSSR count). The van der Waals surface area contributed by atoms with E-state index in [1.165, 1.54) is 6.07 Å². The minimum Gasteiger partial charge on any atom is -0.369 e. The van der Waals surface area contributed by atoms with E-state index < -0.39 is 5.54 Å². The van der Waals surface area contributed by atoms with Crippen LogP contribution in [-0.2, 0) is 5.54 Å². The van der Waals surface area contributed by atoms with Gasteiger partial charge in [-0.25, -0.2) is 9.18 Å². The van der Waals surface area contributed by atoms with Gasteiger partial charge >= 0.3 is 6.03 Å². The molecular weight excluding hydrogens is 369 g/mol. The Hall–Kier alpha value is -2.85. The molecule has 3 aliphatic rings. The molecule has 1 saturated carbocycles. The van der Waals surface area contributed by atoms with Crippen LogP contribution in [0.1, 0.15) is 32.3 Å².